The number of anilines is 1. The van der Waals surface area contributed by atoms with Crippen molar-refractivity contribution in [1.29, 1.82) is 0 Å². The first-order valence-corrected chi connectivity index (χ1v) is 9.15. The Morgan fingerprint density at radius 2 is 1.78 bits per heavy atom. The highest BCUT2D eigenvalue weighted by atomic mass is 35.5. The van der Waals surface area contributed by atoms with Crippen LogP contribution in [0.5, 0.6) is 0 Å². The van der Waals surface area contributed by atoms with Gasteiger partial charge >= 0.3 is 0 Å². The van der Waals surface area contributed by atoms with E-state index in [0.717, 1.165) is 11.1 Å². The molecule has 6 nitrogen and oxygen atoms in total. The van der Waals surface area contributed by atoms with Gasteiger partial charge in [0.2, 0.25) is 11.8 Å². The van der Waals surface area contributed by atoms with Crippen LogP contribution >= 0.6 is 11.6 Å². The molecule has 2 aromatic carbocycles. The van der Waals surface area contributed by atoms with Crippen LogP contribution < -0.4 is 16.2 Å². The van der Waals surface area contributed by atoms with Gasteiger partial charge in [-0.1, -0.05) is 35.9 Å². The van der Waals surface area contributed by atoms with Crippen LogP contribution in [-0.2, 0) is 16.0 Å². The van der Waals surface area contributed by atoms with Crippen molar-refractivity contribution in [2.45, 2.75) is 12.5 Å². The minimum absolute atomic E-state index is 0.0423. The molecular weight excluding hydrogens is 364 g/mol. The fraction of sp³-hybridized carbons (Fsp3) is 0.300. The number of rotatable bonds is 5. The predicted molar refractivity (Wildman–Crippen MR) is 106 cm³/mol. The maximum Gasteiger partial charge on any atom is 0.230 e. The van der Waals surface area contributed by atoms with E-state index in [1.54, 1.807) is 19.0 Å². The van der Waals surface area contributed by atoms with Crippen LogP contribution in [0.2, 0.25) is 5.02 Å². The van der Waals surface area contributed by atoms with Gasteiger partial charge in [-0.05, 0) is 35.4 Å². The standard InChI is InChI=1S/C20H23ClN4O2/c1-25(2)18(26)11-13-3-9-16(10-4-13)23-20(27)17-12-22-24-19(17)14-5-7-15(21)8-6-14/h3-10,17,19,22,24H,11-12H2,1-2H3,(H,23,27). The summed E-state index contributed by atoms with van der Waals surface area (Å²) >= 11 is 5.95. The molecule has 0 saturated carbocycles. The number of nitrogens with zero attached hydrogens (tertiary/aromatic N) is 1. The molecule has 2 amide bonds. The number of nitrogens with one attached hydrogen (secondary N) is 3. The quantitative estimate of drug-likeness (QED) is 0.737. The van der Waals surface area contributed by atoms with Crippen molar-refractivity contribution in [3.05, 3.63) is 64.7 Å². The van der Waals surface area contributed by atoms with Crippen molar-refractivity contribution in [2.75, 3.05) is 26.0 Å². The molecule has 0 aromatic heterocycles. The third-order valence-corrected chi connectivity index (χ3v) is 4.88. The summed E-state index contributed by atoms with van der Waals surface area (Å²) in [6, 6.07) is 14.7. The Bertz CT molecular complexity index is 806. The first-order valence-electron chi connectivity index (χ1n) is 8.78. The second-order valence-electron chi connectivity index (χ2n) is 6.81. The van der Waals surface area contributed by atoms with Gasteiger partial charge in [0.15, 0.2) is 0 Å². The van der Waals surface area contributed by atoms with Crippen molar-refractivity contribution in [3.8, 4) is 0 Å². The molecule has 142 valence electrons. The first kappa shape index (κ1) is 19.4. The van der Waals surface area contributed by atoms with E-state index in [4.69, 9.17) is 11.6 Å². The first-order chi connectivity index (χ1) is 12.9. The van der Waals surface area contributed by atoms with E-state index in [-0.39, 0.29) is 23.8 Å². The van der Waals surface area contributed by atoms with Crippen LogP contribution in [0.25, 0.3) is 0 Å². The lowest BCUT2D eigenvalue weighted by molar-refractivity contribution is -0.128. The second kappa shape index (κ2) is 8.52. The fourth-order valence-electron chi connectivity index (χ4n) is 3.00. The van der Waals surface area contributed by atoms with Crippen molar-refractivity contribution in [1.82, 2.24) is 15.8 Å². The molecule has 2 atom stereocenters. The molecule has 2 unspecified atom stereocenters. The zero-order chi connectivity index (χ0) is 19.4. The van der Waals surface area contributed by atoms with Crippen molar-refractivity contribution < 1.29 is 9.59 Å². The van der Waals surface area contributed by atoms with Crippen LogP contribution in [0.3, 0.4) is 0 Å². The van der Waals surface area contributed by atoms with Crippen molar-refractivity contribution in [2.24, 2.45) is 5.92 Å². The summed E-state index contributed by atoms with van der Waals surface area (Å²) in [7, 11) is 3.47. The molecule has 3 N–H and O–H groups in total. The summed E-state index contributed by atoms with van der Waals surface area (Å²) in [4.78, 5) is 26.1. The lowest BCUT2D eigenvalue weighted by Gasteiger charge is -2.18. The fourth-order valence-corrected chi connectivity index (χ4v) is 3.13. The molecule has 1 heterocycles. The molecule has 1 saturated heterocycles. The van der Waals surface area contributed by atoms with Crippen LogP contribution in [0.15, 0.2) is 48.5 Å². The number of carbonyl (C=O) groups excluding carboxylic acids is 2. The van der Waals surface area contributed by atoms with E-state index in [0.29, 0.717) is 23.7 Å². The van der Waals surface area contributed by atoms with Crippen LogP contribution in [0.1, 0.15) is 17.2 Å². The maximum atomic E-state index is 12.7. The van der Waals surface area contributed by atoms with Gasteiger partial charge in [0, 0.05) is 31.4 Å². The predicted octanol–water partition coefficient (Wildman–Crippen LogP) is 2.37. The molecule has 0 spiro atoms. The summed E-state index contributed by atoms with van der Waals surface area (Å²) in [5, 5.41) is 3.62. The largest absolute Gasteiger partial charge is 0.349 e. The van der Waals surface area contributed by atoms with Gasteiger partial charge in [-0.15, -0.1) is 0 Å². The summed E-state index contributed by atoms with van der Waals surface area (Å²) < 4.78 is 0. The highest BCUT2D eigenvalue weighted by Gasteiger charge is 2.33. The van der Waals surface area contributed by atoms with Gasteiger partial charge in [0.1, 0.15) is 0 Å². The molecule has 1 aliphatic rings. The third kappa shape index (κ3) is 4.86. The van der Waals surface area contributed by atoms with Crippen LogP contribution in [0.4, 0.5) is 5.69 Å². The Balaban J connectivity index is 1.64. The number of halogens is 1. The van der Waals surface area contributed by atoms with Gasteiger partial charge < -0.3 is 10.2 Å². The molecule has 0 radical (unpaired) electrons. The summed E-state index contributed by atoms with van der Waals surface area (Å²) in [5.74, 6) is -0.272. The molecule has 7 heteroatoms. The van der Waals surface area contributed by atoms with E-state index in [1.165, 1.54) is 0 Å². The molecule has 1 fully saturated rings. The topological polar surface area (TPSA) is 73.5 Å². The number of hydrogen-bond acceptors (Lipinski definition) is 4. The number of amides is 2. The molecule has 3 rings (SSSR count). The Labute approximate surface area is 163 Å². The zero-order valence-electron chi connectivity index (χ0n) is 15.3. The molecule has 0 aliphatic carbocycles. The number of carbonyl (C=O) groups is 2. The normalized spacial score (nSPS) is 18.9. The van der Waals surface area contributed by atoms with E-state index in [1.807, 2.05) is 48.5 Å². The zero-order valence-corrected chi connectivity index (χ0v) is 16.1. The van der Waals surface area contributed by atoms with Gasteiger partial charge in [-0.2, -0.15) is 0 Å². The highest BCUT2D eigenvalue weighted by molar-refractivity contribution is 6.30. The average molecular weight is 387 g/mol. The summed E-state index contributed by atoms with van der Waals surface area (Å²) in [6.45, 7) is 0.536. The summed E-state index contributed by atoms with van der Waals surface area (Å²) in [5.41, 5.74) is 8.84. The van der Waals surface area contributed by atoms with Crippen molar-refractivity contribution >= 4 is 29.1 Å². The molecule has 0 bridgehead atoms. The minimum Gasteiger partial charge on any atom is -0.349 e. The average Bonchev–Trinajstić information content (AvgIpc) is 3.13. The minimum atomic E-state index is -0.249. The molecular formula is C20H23ClN4O2. The Kier molecular flexibility index (Phi) is 6.11. The Morgan fingerprint density at radius 1 is 1.11 bits per heavy atom. The Hall–Kier alpha value is -2.41. The third-order valence-electron chi connectivity index (χ3n) is 4.62. The molecule has 1 aliphatic heterocycles. The monoisotopic (exact) mass is 386 g/mol. The van der Waals surface area contributed by atoms with Gasteiger partial charge in [0.25, 0.3) is 0 Å². The highest BCUT2D eigenvalue weighted by Crippen LogP contribution is 2.27. The van der Waals surface area contributed by atoms with E-state index in [9.17, 15) is 9.59 Å². The van der Waals surface area contributed by atoms with E-state index >= 15 is 0 Å². The SMILES string of the molecule is CN(C)C(=O)Cc1ccc(NC(=O)C2CNNC2c2ccc(Cl)cc2)cc1. The molecule has 27 heavy (non-hydrogen) atoms. The summed E-state index contributed by atoms with van der Waals surface area (Å²) in [6.07, 6.45) is 0.344. The van der Waals surface area contributed by atoms with Crippen LogP contribution in [-0.4, -0.2) is 37.4 Å². The van der Waals surface area contributed by atoms with E-state index < -0.39 is 0 Å². The number of likely N-dealkylation sites (N-methyl/N-ethyl adjacent to an activating group) is 1. The number of benzene rings is 2. The molecule has 2 aromatic rings. The Morgan fingerprint density at radius 3 is 2.41 bits per heavy atom. The maximum absolute atomic E-state index is 12.7. The van der Waals surface area contributed by atoms with Crippen molar-refractivity contribution in [3.63, 3.8) is 0 Å². The number of hydrazine groups is 1. The van der Waals surface area contributed by atoms with Gasteiger partial charge in [-0.3, -0.25) is 15.0 Å². The van der Waals surface area contributed by atoms with Gasteiger partial charge in [-0.25, -0.2) is 5.43 Å². The lowest BCUT2D eigenvalue weighted by Crippen LogP contribution is -2.29. The van der Waals surface area contributed by atoms with Crippen LogP contribution in [0, 0.1) is 5.92 Å². The number of hydrogen-bond donors (Lipinski definition) is 3. The second-order valence-corrected chi connectivity index (χ2v) is 7.25. The smallest absolute Gasteiger partial charge is 0.230 e. The van der Waals surface area contributed by atoms with E-state index in [2.05, 4.69) is 16.2 Å². The lowest BCUT2D eigenvalue weighted by atomic mass is 9.94. The van der Waals surface area contributed by atoms with Gasteiger partial charge in [0.05, 0.1) is 18.4 Å².